The molecule has 0 aromatic carbocycles. The van der Waals surface area contributed by atoms with Crippen molar-refractivity contribution in [1.82, 2.24) is 14.8 Å². The highest BCUT2D eigenvalue weighted by Gasteiger charge is 2.05. The van der Waals surface area contributed by atoms with Crippen LogP contribution in [-0.4, -0.2) is 14.8 Å². The summed E-state index contributed by atoms with van der Waals surface area (Å²) in [4.78, 5) is 4.33. The van der Waals surface area contributed by atoms with E-state index in [1.54, 1.807) is 4.68 Å². The number of nitrogens with zero attached hydrogens (tertiary/aromatic N) is 3. The van der Waals surface area contributed by atoms with Crippen molar-refractivity contribution in [3.8, 4) is 5.82 Å². The van der Waals surface area contributed by atoms with Gasteiger partial charge >= 0.3 is 0 Å². The fraction of sp³-hybridized carbons (Fsp3) is 0.273. The van der Waals surface area contributed by atoms with Crippen molar-refractivity contribution in [2.45, 2.75) is 19.8 Å². The lowest BCUT2D eigenvalue weighted by molar-refractivity contribution is 0.757. The van der Waals surface area contributed by atoms with Gasteiger partial charge in [-0.15, -0.1) is 0 Å². The SMILES string of the molecule is CC(C)c1ccn(-c2cccc(Br)n2)n1. The maximum Gasteiger partial charge on any atom is 0.154 e. The first-order chi connectivity index (χ1) is 7.16. The molecule has 0 N–H and O–H groups in total. The standard InChI is InChI=1S/C11H12BrN3/c1-8(2)9-6-7-15(14-9)11-5-3-4-10(12)13-11/h3-8H,1-2H3. The summed E-state index contributed by atoms with van der Waals surface area (Å²) in [6.07, 6.45) is 1.93. The number of aromatic nitrogens is 3. The van der Waals surface area contributed by atoms with Crippen LogP contribution < -0.4 is 0 Å². The Hall–Kier alpha value is -1.16. The minimum absolute atomic E-state index is 0.443. The van der Waals surface area contributed by atoms with E-state index in [4.69, 9.17) is 0 Å². The van der Waals surface area contributed by atoms with E-state index < -0.39 is 0 Å². The van der Waals surface area contributed by atoms with E-state index in [2.05, 4.69) is 39.9 Å². The molecule has 0 amide bonds. The van der Waals surface area contributed by atoms with Crippen LogP contribution in [0.2, 0.25) is 0 Å². The van der Waals surface area contributed by atoms with Crippen molar-refractivity contribution < 1.29 is 0 Å². The van der Waals surface area contributed by atoms with Crippen LogP contribution >= 0.6 is 15.9 Å². The predicted molar refractivity (Wildman–Crippen MR) is 63.1 cm³/mol. The van der Waals surface area contributed by atoms with Crippen LogP contribution in [0.25, 0.3) is 5.82 Å². The summed E-state index contributed by atoms with van der Waals surface area (Å²) in [5, 5.41) is 4.45. The number of hydrogen-bond acceptors (Lipinski definition) is 2. The van der Waals surface area contributed by atoms with Crippen molar-refractivity contribution >= 4 is 15.9 Å². The molecule has 0 aliphatic rings. The van der Waals surface area contributed by atoms with Crippen LogP contribution in [0.1, 0.15) is 25.5 Å². The Balaban J connectivity index is 2.37. The fourth-order valence-corrected chi connectivity index (χ4v) is 1.63. The first kappa shape index (κ1) is 10.4. The molecular weight excluding hydrogens is 254 g/mol. The first-order valence-corrected chi connectivity index (χ1v) is 5.64. The van der Waals surface area contributed by atoms with Crippen LogP contribution in [0.4, 0.5) is 0 Å². The smallest absolute Gasteiger partial charge is 0.154 e. The molecule has 2 rings (SSSR count). The third-order valence-electron chi connectivity index (χ3n) is 2.14. The Morgan fingerprint density at radius 1 is 1.27 bits per heavy atom. The summed E-state index contributed by atoms with van der Waals surface area (Å²) >= 11 is 3.34. The van der Waals surface area contributed by atoms with Gasteiger partial charge < -0.3 is 0 Å². The molecule has 0 aliphatic heterocycles. The summed E-state index contributed by atoms with van der Waals surface area (Å²) in [7, 11) is 0. The van der Waals surface area contributed by atoms with E-state index in [1.807, 2.05) is 30.5 Å². The van der Waals surface area contributed by atoms with Gasteiger partial charge in [0.05, 0.1) is 5.69 Å². The van der Waals surface area contributed by atoms with Gasteiger partial charge in [0.25, 0.3) is 0 Å². The van der Waals surface area contributed by atoms with Gasteiger partial charge in [-0.2, -0.15) is 5.10 Å². The van der Waals surface area contributed by atoms with Gasteiger partial charge in [-0.1, -0.05) is 19.9 Å². The van der Waals surface area contributed by atoms with Crippen LogP contribution in [0, 0.1) is 0 Å². The molecule has 2 heterocycles. The van der Waals surface area contributed by atoms with E-state index in [1.165, 1.54) is 0 Å². The molecule has 0 atom stereocenters. The number of halogens is 1. The average Bonchev–Trinajstić information content (AvgIpc) is 2.66. The van der Waals surface area contributed by atoms with Crippen LogP contribution in [-0.2, 0) is 0 Å². The molecule has 0 fully saturated rings. The molecule has 4 heteroatoms. The normalized spacial score (nSPS) is 10.9. The Kier molecular flexibility index (Phi) is 2.86. The Morgan fingerprint density at radius 2 is 2.07 bits per heavy atom. The summed E-state index contributed by atoms with van der Waals surface area (Å²) in [6, 6.07) is 7.80. The highest BCUT2D eigenvalue weighted by Crippen LogP contribution is 2.14. The second-order valence-corrected chi connectivity index (χ2v) is 4.47. The Bertz CT molecular complexity index is 462. The molecular formula is C11H12BrN3. The molecule has 0 saturated carbocycles. The van der Waals surface area contributed by atoms with E-state index in [-0.39, 0.29) is 0 Å². The second kappa shape index (κ2) is 4.14. The average molecular weight is 266 g/mol. The highest BCUT2D eigenvalue weighted by molar-refractivity contribution is 9.10. The molecule has 0 saturated heterocycles. The molecule has 78 valence electrons. The zero-order chi connectivity index (χ0) is 10.8. The largest absolute Gasteiger partial charge is 0.222 e. The Labute approximate surface area is 97.3 Å². The Morgan fingerprint density at radius 3 is 2.67 bits per heavy atom. The third-order valence-corrected chi connectivity index (χ3v) is 2.58. The summed E-state index contributed by atoms with van der Waals surface area (Å²) < 4.78 is 2.61. The van der Waals surface area contributed by atoms with Gasteiger partial charge in [0, 0.05) is 6.20 Å². The van der Waals surface area contributed by atoms with Crippen molar-refractivity contribution in [3.05, 3.63) is 40.8 Å². The lowest BCUT2D eigenvalue weighted by atomic mass is 10.1. The fourth-order valence-electron chi connectivity index (χ4n) is 1.30. The quantitative estimate of drug-likeness (QED) is 0.782. The number of rotatable bonds is 2. The van der Waals surface area contributed by atoms with E-state index in [9.17, 15) is 0 Å². The zero-order valence-electron chi connectivity index (χ0n) is 8.68. The van der Waals surface area contributed by atoms with Crippen molar-refractivity contribution in [2.75, 3.05) is 0 Å². The van der Waals surface area contributed by atoms with Crippen LogP contribution in [0.15, 0.2) is 35.1 Å². The van der Waals surface area contributed by atoms with Crippen LogP contribution in [0.3, 0.4) is 0 Å². The number of hydrogen-bond donors (Lipinski definition) is 0. The molecule has 3 nitrogen and oxygen atoms in total. The molecule has 2 aromatic rings. The molecule has 2 aromatic heterocycles. The minimum Gasteiger partial charge on any atom is -0.222 e. The van der Waals surface area contributed by atoms with E-state index in [0.717, 1.165) is 16.1 Å². The summed E-state index contributed by atoms with van der Waals surface area (Å²) in [5.41, 5.74) is 1.08. The molecule has 0 bridgehead atoms. The molecule has 0 aliphatic carbocycles. The van der Waals surface area contributed by atoms with Crippen LogP contribution in [0.5, 0.6) is 0 Å². The number of pyridine rings is 1. The predicted octanol–water partition coefficient (Wildman–Crippen LogP) is 3.15. The molecule has 0 radical (unpaired) electrons. The maximum absolute atomic E-state index is 4.45. The van der Waals surface area contributed by atoms with Gasteiger partial charge in [0.15, 0.2) is 5.82 Å². The van der Waals surface area contributed by atoms with Gasteiger partial charge in [0.2, 0.25) is 0 Å². The zero-order valence-corrected chi connectivity index (χ0v) is 10.3. The maximum atomic E-state index is 4.45. The van der Waals surface area contributed by atoms with Gasteiger partial charge in [-0.05, 0) is 40.0 Å². The highest BCUT2D eigenvalue weighted by atomic mass is 79.9. The minimum atomic E-state index is 0.443. The first-order valence-electron chi connectivity index (χ1n) is 4.85. The summed E-state index contributed by atoms with van der Waals surface area (Å²) in [6.45, 7) is 4.25. The van der Waals surface area contributed by atoms with E-state index in [0.29, 0.717) is 5.92 Å². The molecule has 15 heavy (non-hydrogen) atoms. The third kappa shape index (κ3) is 2.26. The second-order valence-electron chi connectivity index (χ2n) is 3.66. The topological polar surface area (TPSA) is 30.7 Å². The lowest BCUT2D eigenvalue weighted by Gasteiger charge is -2.01. The van der Waals surface area contributed by atoms with Crippen molar-refractivity contribution in [1.29, 1.82) is 0 Å². The van der Waals surface area contributed by atoms with Gasteiger partial charge in [0.1, 0.15) is 4.60 Å². The van der Waals surface area contributed by atoms with Crippen molar-refractivity contribution in [3.63, 3.8) is 0 Å². The lowest BCUT2D eigenvalue weighted by Crippen LogP contribution is -1.99. The molecule has 0 spiro atoms. The van der Waals surface area contributed by atoms with E-state index >= 15 is 0 Å². The van der Waals surface area contributed by atoms with Gasteiger partial charge in [-0.25, -0.2) is 9.67 Å². The molecule has 0 unspecified atom stereocenters. The van der Waals surface area contributed by atoms with Crippen molar-refractivity contribution in [2.24, 2.45) is 0 Å². The summed E-state index contributed by atoms with van der Waals surface area (Å²) in [5.74, 6) is 1.27. The monoisotopic (exact) mass is 265 g/mol. The van der Waals surface area contributed by atoms with Gasteiger partial charge in [-0.3, -0.25) is 0 Å².